The molecule has 2 aliphatic rings. The van der Waals surface area contributed by atoms with Crippen molar-refractivity contribution in [1.82, 2.24) is 5.32 Å². The highest BCUT2D eigenvalue weighted by Gasteiger charge is 2.60. The third-order valence-electron chi connectivity index (χ3n) is 5.06. The summed E-state index contributed by atoms with van der Waals surface area (Å²) in [6.07, 6.45) is -2.99. The monoisotopic (exact) mass is 341 g/mol. The first kappa shape index (κ1) is 16.8. The lowest BCUT2D eigenvalue weighted by Crippen LogP contribution is -2.45. The molecule has 0 saturated heterocycles. The molecule has 3 rings (SSSR count). The molecule has 1 aromatic carbocycles. The molecule has 0 aromatic heterocycles. The lowest BCUT2D eigenvalue weighted by atomic mass is 9.78. The molecule has 4 nitrogen and oxygen atoms in total. The summed E-state index contributed by atoms with van der Waals surface area (Å²) in [4.78, 5) is 23.4. The van der Waals surface area contributed by atoms with Crippen LogP contribution in [0.25, 0.3) is 0 Å². The van der Waals surface area contributed by atoms with Crippen molar-refractivity contribution in [2.45, 2.75) is 49.7 Å². The van der Waals surface area contributed by atoms with E-state index >= 15 is 0 Å². The molecule has 2 aliphatic carbocycles. The van der Waals surface area contributed by atoms with Crippen LogP contribution in [-0.4, -0.2) is 29.2 Å². The van der Waals surface area contributed by atoms with Gasteiger partial charge in [0.2, 0.25) is 5.91 Å². The molecule has 1 amide bonds. The van der Waals surface area contributed by atoms with E-state index in [4.69, 9.17) is 5.11 Å². The second-order valence-corrected chi connectivity index (χ2v) is 6.64. The van der Waals surface area contributed by atoms with Crippen LogP contribution in [0.1, 0.15) is 36.8 Å². The summed E-state index contributed by atoms with van der Waals surface area (Å²) in [5, 5.41) is 11.0. The molecular formula is C17H18F3NO3. The van der Waals surface area contributed by atoms with Crippen LogP contribution in [0.5, 0.6) is 0 Å². The highest BCUT2D eigenvalue weighted by atomic mass is 19.4. The van der Waals surface area contributed by atoms with Gasteiger partial charge in [-0.2, -0.15) is 13.2 Å². The van der Waals surface area contributed by atoms with E-state index in [0.29, 0.717) is 6.42 Å². The summed E-state index contributed by atoms with van der Waals surface area (Å²) >= 11 is 0. The van der Waals surface area contributed by atoms with E-state index in [9.17, 15) is 22.8 Å². The molecule has 0 radical (unpaired) electrons. The van der Waals surface area contributed by atoms with Crippen molar-refractivity contribution >= 4 is 11.9 Å². The average molecular weight is 341 g/mol. The molecule has 2 N–H and O–H groups in total. The number of carboxylic acid groups (broad SMARTS) is 1. The highest BCUT2D eigenvalue weighted by Crippen LogP contribution is 2.60. The summed E-state index contributed by atoms with van der Waals surface area (Å²) in [5.74, 6) is -2.71. The Morgan fingerprint density at radius 3 is 2.71 bits per heavy atom. The van der Waals surface area contributed by atoms with E-state index in [1.165, 1.54) is 5.56 Å². The maximum atomic E-state index is 12.5. The predicted molar refractivity (Wildman–Crippen MR) is 79.4 cm³/mol. The maximum Gasteiger partial charge on any atom is 0.391 e. The van der Waals surface area contributed by atoms with Crippen LogP contribution in [0.3, 0.4) is 0 Å². The Hall–Kier alpha value is -2.05. The Morgan fingerprint density at radius 1 is 1.33 bits per heavy atom. The molecule has 0 heterocycles. The molecule has 130 valence electrons. The minimum Gasteiger partial charge on any atom is -0.480 e. The van der Waals surface area contributed by atoms with Crippen LogP contribution in [0.2, 0.25) is 0 Å². The van der Waals surface area contributed by atoms with Crippen molar-refractivity contribution in [2.75, 3.05) is 0 Å². The standard InChI is InChI=1S/C17H18F3NO3/c18-17(19,20)9-13(15(23)24)21-14(22)12-8-16(12)7-3-5-10-4-1-2-6-11(10)16/h1-2,4,6,12-13H,3,5,7-9H2,(H,21,22)(H,23,24)/t12-,13-,16-/m0/s1. The number of carbonyl (C=O) groups is 2. The van der Waals surface area contributed by atoms with E-state index in [1.807, 2.05) is 24.3 Å². The van der Waals surface area contributed by atoms with Crippen molar-refractivity contribution in [1.29, 1.82) is 0 Å². The van der Waals surface area contributed by atoms with Crippen molar-refractivity contribution in [2.24, 2.45) is 5.92 Å². The summed E-state index contributed by atoms with van der Waals surface area (Å²) in [7, 11) is 0. The van der Waals surface area contributed by atoms with E-state index in [1.54, 1.807) is 0 Å². The van der Waals surface area contributed by atoms with Crippen LogP contribution >= 0.6 is 0 Å². The smallest absolute Gasteiger partial charge is 0.391 e. The van der Waals surface area contributed by atoms with Gasteiger partial charge in [-0.15, -0.1) is 0 Å². The molecule has 0 unspecified atom stereocenters. The second kappa shape index (κ2) is 5.79. The van der Waals surface area contributed by atoms with E-state index in [2.05, 4.69) is 5.32 Å². The molecule has 1 saturated carbocycles. The Morgan fingerprint density at radius 2 is 2.04 bits per heavy atom. The third kappa shape index (κ3) is 3.12. The highest BCUT2D eigenvalue weighted by molar-refractivity contribution is 5.88. The van der Waals surface area contributed by atoms with Crippen molar-refractivity contribution in [3.63, 3.8) is 0 Å². The number of hydrogen-bond acceptors (Lipinski definition) is 2. The van der Waals surface area contributed by atoms with Gasteiger partial charge in [0, 0.05) is 11.3 Å². The van der Waals surface area contributed by atoms with E-state index < -0.39 is 36.4 Å². The predicted octanol–water partition coefficient (Wildman–Crippen LogP) is 2.80. The molecule has 7 heteroatoms. The number of hydrogen-bond donors (Lipinski definition) is 2. The fourth-order valence-corrected chi connectivity index (χ4v) is 3.88. The third-order valence-corrected chi connectivity index (χ3v) is 5.06. The number of aryl methyl sites for hydroxylation is 1. The fraction of sp³-hybridized carbons (Fsp3) is 0.529. The van der Waals surface area contributed by atoms with Crippen LogP contribution < -0.4 is 5.32 Å². The van der Waals surface area contributed by atoms with Crippen molar-refractivity contribution in [3.05, 3.63) is 35.4 Å². The zero-order chi connectivity index (χ0) is 17.5. The van der Waals surface area contributed by atoms with Gasteiger partial charge in [-0.3, -0.25) is 4.79 Å². The normalized spacial score (nSPS) is 26.5. The van der Waals surface area contributed by atoms with Gasteiger partial charge >= 0.3 is 12.1 Å². The fourth-order valence-electron chi connectivity index (χ4n) is 3.88. The second-order valence-electron chi connectivity index (χ2n) is 6.64. The first-order chi connectivity index (χ1) is 11.2. The zero-order valence-corrected chi connectivity index (χ0v) is 12.9. The number of rotatable bonds is 4. The van der Waals surface area contributed by atoms with Gasteiger partial charge in [-0.1, -0.05) is 24.3 Å². The Balaban J connectivity index is 1.73. The summed E-state index contributed by atoms with van der Waals surface area (Å²) < 4.78 is 37.4. The minimum atomic E-state index is -4.64. The van der Waals surface area contributed by atoms with E-state index in [0.717, 1.165) is 24.8 Å². The summed E-state index contributed by atoms with van der Waals surface area (Å²) in [6, 6.07) is 5.86. The molecule has 3 atom stereocenters. The van der Waals surface area contributed by atoms with Gasteiger partial charge in [0.05, 0.1) is 6.42 Å². The van der Waals surface area contributed by atoms with Crippen LogP contribution in [-0.2, 0) is 21.4 Å². The molecule has 1 fully saturated rings. The largest absolute Gasteiger partial charge is 0.480 e. The van der Waals surface area contributed by atoms with Gasteiger partial charge in [0.1, 0.15) is 6.04 Å². The molecule has 1 spiro atoms. The number of fused-ring (bicyclic) bond motifs is 2. The Kier molecular flexibility index (Phi) is 4.05. The SMILES string of the molecule is O=C(O)[C@H](CC(F)(F)F)NC(=O)[C@@H]1C[C@]12CCCc1ccccc12. The lowest BCUT2D eigenvalue weighted by Gasteiger charge is -2.26. The van der Waals surface area contributed by atoms with Crippen LogP contribution in [0.15, 0.2) is 24.3 Å². The number of carboxylic acids is 1. The summed E-state index contributed by atoms with van der Waals surface area (Å²) in [6.45, 7) is 0. The first-order valence-corrected chi connectivity index (χ1v) is 7.91. The van der Waals surface area contributed by atoms with Crippen LogP contribution in [0, 0.1) is 5.92 Å². The Bertz CT molecular complexity index is 673. The molecule has 24 heavy (non-hydrogen) atoms. The van der Waals surface area contributed by atoms with Crippen molar-refractivity contribution < 1.29 is 27.9 Å². The quantitative estimate of drug-likeness (QED) is 0.885. The van der Waals surface area contributed by atoms with Gasteiger partial charge < -0.3 is 10.4 Å². The number of halogens is 3. The molecule has 1 aromatic rings. The topological polar surface area (TPSA) is 66.4 Å². The number of benzene rings is 1. The number of amides is 1. The summed E-state index contributed by atoms with van der Waals surface area (Å²) in [5.41, 5.74) is 1.92. The van der Waals surface area contributed by atoms with Crippen molar-refractivity contribution in [3.8, 4) is 0 Å². The lowest BCUT2D eigenvalue weighted by molar-refractivity contribution is -0.160. The number of aliphatic carboxylic acids is 1. The molecule has 0 bridgehead atoms. The number of nitrogens with one attached hydrogen (secondary N) is 1. The van der Waals surface area contributed by atoms with Gasteiger partial charge in [0.25, 0.3) is 0 Å². The van der Waals surface area contributed by atoms with E-state index in [-0.39, 0.29) is 5.41 Å². The minimum absolute atomic E-state index is 0.333. The van der Waals surface area contributed by atoms with Crippen LogP contribution in [0.4, 0.5) is 13.2 Å². The Labute approximate surface area is 137 Å². The first-order valence-electron chi connectivity index (χ1n) is 7.91. The number of alkyl halides is 3. The van der Waals surface area contributed by atoms with Gasteiger partial charge in [0.15, 0.2) is 0 Å². The zero-order valence-electron chi connectivity index (χ0n) is 12.9. The maximum absolute atomic E-state index is 12.5. The van der Waals surface area contributed by atoms with Gasteiger partial charge in [-0.25, -0.2) is 4.79 Å². The number of carbonyl (C=O) groups excluding carboxylic acids is 1. The molecule has 0 aliphatic heterocycles. The van der Waals surface area contributed by atoms with Gasteiger partial charge in [-0.05, 0) is 36.8 Å². The average Bonchev–Trinajstić information content (AvgIpc) is 3.21. The molecular weight excluding hydrogens is 323 g/mol.